The smallest absolute Gasteiger partial charge is 0.249 e. The number of hydrogen-bond donors (Lipinski definition) is 4. The van der Waals surface area contributed by atoms with Crippen LogP contribution in [0.3, 0.4) is 0 Å². The van der Waals surface area contributed by atoms with Crippen LogP contribution < -0.4 is 5.32 Å². The van der Waals surface area contributed by atoms with E-state index in [2.05, 4.69) is 31.3 Å². The third-order valence-corrected chi connectivity index (χ3v) is 8.13. The molecule has 0 heterocycles. The first-order valence-corrected chi connectivity index (χ1v) is 17.5. The zero-order valence-electron chi connectivity index (χ0n) is 26.7. The Balaban J connectivity index is 3.72. The van der Waals surface area contributed by atoms with Crippen LogP contribution in [-0.2, 0) is 4.79 Å². The van der Waals surface area contributed by atoms with Gasteiger partial charge in [0, 0.05) is 0 Å². The fourth-order valence-electron chi connectivity index (χ4n) is 5.30. The number of nitrogens with one attached hydrogen (secondary N) is 1. The van der Waals surface area contributed by atoms with Crippen molar-refractivity contribution in [2.24, 2.45) is 0 Å². The van der Waals surface area contributed by atoms with Gasteiger partial charge >= 0.3 is 0 Å². The summed E-state index contributed by atoms with van der Waals surface area (Å²) in [4.78, 5) is 12.4. The van der Waals surface area contributed by atoms with Crippen molar-refractivity contribution in [3.63, 3.8) is 0 Å². The molecule has 0 aromatic rings. The van der Waals surface area contributed by atoms with Gasteiger partial charge in [0.05, 0.1) is 18.8 Å². The molecule has 3 unspecified atom stereocenters. The Morgan fingerprint density at radius 2 is 0.950 bits per heavy atom. The van der Waals surface area contributed by atoms with Crippen LogP contribution in [0.5, 0.6) is 0 Å². The molecule has 0 aliphatic carbocycles. The first kappa shape index (κ1) is 39.1. The van der Waals surface area contributed by atoms with Gasteiger partial charge < -0.3 is 20.6 Å². The number of rotatable bonds is 31. The Kier molecular flexibility index (Phi) is 30.3. The topological polar surface area (TPSA) is 89.8 Å². The van der Waals surface area contributed by atoms with Crippen molar-refractivity contribution in [2.75, 3.05) is 6.61 Å². The van der Waals surface area contributed by atoms with Gasteiger partial charge in [-0.25, -0.2) is 0 Å². The van der Waals surface area contributed by atoms with Gasteiger partial charge in [0.2, 0.25) is 5.91 Å². The van der Waals surface area contributed by atoms with Gasteiger partial charge in [0.25, 0.3) is 0 Å². The number of hydrogen-bond acceptors (Lipinski definition) is 4. The third kappa shape index (κ3) is 26.0. The number of aliphatic hydroxyl groups excluding tert-OH is 3. The summed E-state index contributed by atoms with van der Waals surface area (Å²) in [5.74, 6) is -0.478. The molecule has 4 N–H and O–H groups in total. The van der Waals surface area contributed by atoms with Crippen LogP contribution in [0.2, 0.25) is 0 Å². The Bertz CT molecular complexity index is 554. The zero-order valence-corrected chi connectivity index (χ0v) is 26.7. The summed E-state index contributed by atoms with van der Waals surface area (Å²) in [6.45, 7) is 4.19. The van der Waals surface area contributed by atoms with Crippen LogP contribution in [-0.4, -0.2) is 46.1 Å². The highest BCUT2D eigenvalue weighted by Gasteiger charge is 2.23. The Morgan fingerprint density at radius 1 is 0.575 bits per heavy atom. The van der Waals surface area contributed by atoms with Crippen molar-refractivity contribution < 1.29 is 20.1 Å². The molecular formula is C35H69NO4. The summed E-state index contributed by atoms with van der Waals surface area (Å²) in [7, 11) is 0. The molecule has 40 heavy (non-hydrogen) atoms. The number of aliphatic hydroxyl groups is 3. The molecule has 0 spiro atoms. The lowest BCUT2D eigenvalue weighted by Gasteiger charge is -2.23. The van der Waals surface area contributed by atoms with E-state index in [9.17, 15) is 20.1 Å². The van der Waals surface area contributed by atoms with E-state index in [-0.39, 0.29) is 6.61 Å². The van der Waals surface area contributed by atoms with E-state index in [1.54, 1.807) is 0 Å². The molecule has 5 nitrogen and oxygen atoms in total. The lowest BCUT2D eigenvalue weighted by molar-refractivity contribution is -0.131. The summed E-state index contributed by atoms with van der Waals surface area (Å²) in [5, 5.41) is 33.0. The maximum absolute atomic E-state index is 12.4. The van der Waals surface area contributed by atoms with Crippen molar-refractivity contribution in [1.82, 2.24) is 5.32 Å². The molecule has 0 aromatic carbocycles. The SMILES string of the molecule is CCCCCC/C=C\CCCCCCCCC(O)C(=O)NC(CO)C(O)CCCCCCCCCCCCCC. The molecule has 0 aromatic heterocycles. The predicted molar refractivity (Wildman–Crippen MR) is 172 cm³/mol. The molecule has 0 saturated heterocycles. The van der Waals surface area contributed by atoms with Crippen molar-refractivity contribution >= 4 is 5.91 Å². The van der Waals surface area contributed by atoms with Gasteiger partial charge in [-0.1, -0.05) is 154 Å². The van der Waals surface area contributed by atoms with Crippen LogP contribution in [0.1, 0.15) is 181 Å². The molecule has 0 bridgehead atoms. The Morgan fingerprint density at radius 3 is 1.40 bits per heavy atom. The van der Waals surface area contributed by atoms with Crippen molar-refractivity contribution in [2.45, 2.75) is 199 Å². The van der Waals surface area contributed by atoms with E-state index < -0.39 is 24.2 Å². The van der Waals surface area contributed by atoms with E-state index in [0.717, 1.165) is 32.1 Å². The number of allylic oxidation sites excluding steroid dienone is 2. The molecule has 1 amide bonds. The molecule has 0 fully saturated rings. The van der Waals surface area contributed by atoms with Gasteiger partial charge in [-0.05, 0) is 38.5 Å². The summed E-state index contributed by atoms with van der Waals surface area (Å²) < 4.78 is 0. The van der Waals surface area contributed by atoms with Crippen molar-refractivity contribution in [3.8, 4) is 0 Å². The van der Waals surface area contributed by atoms with E-state index in [1.165, 1.54) is 122 Å². The van der Waals surface area contributed by atoms with Gasteiger partial charge in [0.15, 0.2) is 0 Å². The van der Waals surface area contributed by atoms with Crippen molar-refractivity contribution in [1.29, 1.82) is 0 Å². The van der Waals surface area contributed by atoms with Crippen LogP contribution >= 0.6 is 0 Å². The fraction of sp³-hybridized carbons (Fsp3) is 0.914. The third-order valence-electron chi connectivity index (χ3n) is 8.13. The second kappa shape index (κ2) is 31.0. The molecule has 238 valence electrons. The quantitative estimate of drug-likeness (QED) is 0.0497. The van der Waals surface area contributed by atoms with E-state index in [1.807, 2.05) is 0 Å². The molecule has 5 heteroatoms. The minimum Gasteiger partial charge on any atom is -0.394 e. The number of carbonyl (C=O) groups excluding carboxylic acids is 1. The van der Waals surface area contributed by atoms with Gasteiger partial charge in [-0.15, -0.1) is 0 Å². The number of unbranched alkanes of at least 4 members (excludes halogenated alkanes) is 21. The lowest BCUT2D eigenvalue weighted by atomic mass is 10.0. The standard InChI is InChI=1S/C35H69NO4/c1-3-5-7-9-11-13-15-17-18-20-22-24-26-28-30-34(39)35(40)36-32(31-37)33(38)29-27-25-23-21-19-16-14-12-10-8-6-4-2/h13,15,32-34,37-39H,3-12,14,16-31H2,1-2H3,(H,36,40)/b15-13-. The largest absolute Gasteiger partial charge is 0.394 e. The molecule has 0 aliphatic rings. The van der Waals surface area contributed by atoms with E-state index >= 15 is 0 Å². The normalized spacial score (nSPS) is 14.0. The van der Waals surface area contributed by atoms with E-state index in [4.69, 9.17) is 0 Å². The predicted octanol–water partition coefficient (Wildman–Crippen LogP) is 8.92. The van der Waals surface area contributed by atoms with Crippen LogP contribution in [0, 0.1) is 0 Å². The summed E-state index contributed by atoms with van der Waals surface area (Å²) in [6.07, 6.45) is 33.3. The molecule has 0 rings (SSSR count). The average Bonchev–Trinajstić information content (AvgIpc) is 2.96. The maximum atomic E-state index is 12.4. The number of amides is 1. The fourth-order valence-corrected chi connectivity index (χ4v) is 5.30. The minimum absolute atomic E-state index is 0.314. The molecule has 0 radical (unpaired) electrons. The molecular weight excluding hydrogens is 498 g/mol. The maximum Gasteiger partial charge on any atom is 0.249 e. The van der Waals surface area contributed by atoms with Crippen LogP contribution in [0.15, 0.2) is 12.2 Å². The Labute approximate surface area is 249 Å². The van der Waals surface area contributed by atoms with Gasteiger partial charge in [0.1, 0.15) is 6.10 Å². The lowest BCUT2D eigenvalue weighted by Crippen LogP contribution is -2.49. The van der Waals surface area contributed by atoms with Gasteiger partial charge in [-0.2, -0.15) is 0 Å². The van der Waals surface area contributed by atoms with E-state index in [0.29, 0.717) is 12.8 Å². The average molecular weight is 568 g/mol. The highest BCUT2D eigenvalue weighted by atomic mass is 16.3. The van der Waals surface area contributed by atoms with Crippen LogP contribution in [0.25, 0.3) is 0 Å². The summed E-state index contributed by atoms with van der Waals surface area (Å²) in [6, 6.07) is -0.708. The summed E-state index contributed by atoms with van der Waals surface area (Å²) >= 11 is 0. The highest BCUT2D eigenvalue weighted by molar-refractivity contribution is 5.80. The Hall–Kier alpha value is -0.910. The second-order valence-corrected chi connectivity index (χ2v) is 12.1. The first-order valence-electron chi connectivity index (χ1n) is 17.5. The minimum atomic E-state index is -1.07. The van der Waals surface area contributed by atoms with Crippen LogP contribution in [0.4, 0.5) is 0 Å². The van der Waals surface area contributed by atoms with Crippen molar-refractivity contribution in [3.05, 3.63) is 12.2 Å². The molecule has 3 atom stereocenters. The second-order valence-electron chi connectivity index (χ2n) is 12.1. The highest BCUT2D eigenvalue weighted by Crippen LogP contribution is 2.15. The van der Waals surface area contributed by atoms with Gasteiger partial charge in [-0.3, -0.25) is 4.79 Å². The summed E-state index contributed by atoms with van der Waals surface area (Å²) in [5.41, 5.74) is 0. The number of carbonyl (C=O) groups is 1. The molecule has 0 aliphatic heterocycles. The molecule has 0 saturated carbocycles. The monoisotopic (exact) mass is 568 g/mol. The first-order chi connectivity index (χ1) is 19.6. The zero-order chi connectivity index (χ0) is 29.5.